The third-order valence-corrected chi connectivity index (χ3v) is 8.90. The molecule has 1 aliphatic heterocycles. The van der Waals surface area contributed by atoms with Gasteiger partial charge in [0.1, 0.15) is 28.4 Å². The topological polar surface area (TPSA) is 151 Å². The summed E-state index contributed by atoms with van der Waals surface area (Å²) in [6.07, 6.45) is -11.8. The Kier molecular flexibility index (Phi) is 9.77. The molecule has 1 fully saturated rings. The number of hydrogen-bond acceptors (Lipinski definition) is 11. The first kappa shape index (κ1) is 34.7. The minimum Gasteiger partial charge on any atom is -0.496 e. The average Bonchev–Trinajstić information content (AvgIpc) is 3.66. The maximum atomic E-state index is 13.1. The fourth-order valence-corrected chi connectivity index (χ4v) is 6.36. The number of nitrogens with one attached hydrogen (secondary N) is 1. The Balaban J connectivity index is 1.22. The van der Waals surface area contributed by atoms with Gasteiger partial charge in [0.05, 0.1) is 38.3 Å². The van der Waals surface area contributed by atoms with Gasteiger partial charge in [0.15, 0.2) is 11.6 Å². The van der Waals surface area contributed by atoms with Gasteiger partial charge in [0.2, 0.25) is 6.10 Å². The van der Waals surface area contributed by atoms with Gasteiger partial charge in [0, 0.05) is 31.3 Å². The Morgan fingerprint density at radius 2 is 1.73 bits per heavy atom. The van der Waals surface area contributed by atoms with Crippen molar-refractivity contribution in [3.8, 4) is 11.5 Å². The SMILES string of the molecule is COc1ccccc1S(=O)(=O)Nc1noc2nc(Cn3cc(N4CCC(C(=O)COC(C(F)(F)F)C(F)(F)F)CC4)cn3)cc(OC)c12. The van der Waals surface area contributed by atoms with E-state index in [0.717, 1.165) is 0 Å². The second-order valence-electron chi connectivity index (χ2n) is 10.7. The first-order valence-corrected chi connectivity index (χ1v) is 15.6. The Morgan fingerprint density at radius 3 is 2.38 bits per heavy atom. The zero-order valence-corrected chi connectivity index (χ0v) is 26.0. The third kappa shape index (κ3) is 7.59. The number of nitrogens with zero attached hydrogens (tertiary/aromatic N) is 5. The van der Waals surface area contributed by atoms with Gasteiger partial charge in [-0.2, -0.15) is 31.4 Å². The number of benzene rings is 1. The van der Waals surface area contributed by atoms with Crippen LogP contribution < -0.4 is 19.1 Å². The van der Waals surface area contributed by atoms with E-state index in [1.54, 1.807) is 29.2 Å². The number of piperidine rings is 1. The van der Waals surface area contributed by atoms with Gasteiger partial charge in [-0.15, -0.1) is 0 Å². The fraction of sp³-hybridized carbons (Fsp3) is 0.429. The number of ether oxygens (including phenoxy) is 3. The highest BCUT2D eigenvalue weighted by Gasteiger charge is 2.58. The van der Waals surface area contributed by atoms with E-state index in [-0.39, 0.29) is 52.7 Å². The lowest BCUT2D eigenvalue weighted by atomic mass is 9.92. The van der Waals surface area contributed by atoms with Crippen LogP contribution in [-0.4, -0.2) is 86.5 Å². The summed E-state index contributed by atoms with van der Waals surface area (Å²) in [6.45, 7) is -0.573. The highest BCUT2D eigenvalue weighted by Crippen LogP contribution is 2.37. The molecule has 1 aliphatic rings. The number of pyridine rings is 1. The highest BCUT2D eigenvalue weighted by molar-refractivity contribution is 7.92. The maximum absolute atomic E-state index is 13.1. The fourth-order valence-electron chi connectivity index (χ4n) is 5.19. The summed E-state index contributed by atoms with van der Waals surface area (Å²) in [4.78, 5) is 18.5. The molecular formula is C28H28F6N6O7S. The molecule has 0 atom stereocenters. The van der Waals surface area contributed by atoms with Crippen molar-refractivity contribution in [3.63, 3.8) is 0 Å². The van der Waals surface area contributed by atoms with E-state index in [1.807, 2.05) is 4.90 Å². The monoisotopic (exact) mass is 706 g/mol. The number of alkyl halides is 6. The minimum atomic E-state index is -5.69. The van der Waals surface area contributed by atoms with Crippen molar-refractivity contribution in [3.05, 3.63) is 48.4 Å². The molecule has 1 aromatic carbocycles. The van der Waals surface area contributed by atoms with E-state index in [4.69, 9.17) is 14.0 Å². The van der Waals surface area contributed by atoms with Crippen LogP contribution in [-0.2, 0) is 26.1 Å². The molecule has 4 aromatic rings. The number of hydrogen-bond donors (Lipinski definition) is 1. The number of para-hydroxylation sites is 1. The van der Waals surface area contributed by atoms with Crippen LogP contribution >= 0.6 is 0 Å². The van der Waals surface area contributed by atoms with Gasteiger partial charge in [-0.05, 0) is 25.0 Å². The van der Waals surface area contributed by atoms with Crippen molar-refractivity contribution < 1.29 is 58.3 Å². The lowest BCUT2D eigenvalue weighted by Crippen LogP contribution is -2.46. The van der Waals surface area contributed by atoms with Gasteiger partial charge in [-0.3, -0.25) is 14.2 Å². The van der Waals surface area contributed by atoms with Gasteiger partial charge < -0.3 is 23.6 Å². The zero-order valence-electron chi connectivity index (χ0n) is 25.2. The molecule has 0 unspecified atom stereocenters. The minimum absolute atomic E-state index is 0.0121. The summed E-state index contributed by atoms with van der Waals surface area (Å²) < 4.78 is 126. The molecule has 3 aromatic heterocycles. The predicted molar refractivity (Wildman–Crippen MR) is 155 cm³/mol. The molecule has 4 heterocycles. The van der Waals surface area contributed by atoms with Gasteiger partial charge in [-0.25, -0.2) is 13.4 Å². The summed E-state index contributed by atoms with van der Waals surface area (Å²) in [5.74, 6) is -1.40. The van der Waals surface area contributed by atoms with Gasteiger partial charge in [-0.1, -0.05) is 17.3 Å². The number of rotatable bonds is 12. The molecule has 20 heteroatoms. The standard InChI is InChI=1S/C28H28F6N6O7S/c1-44-20-5-3-4-6-22(20)48(42,43)38-24-23-21(45-2)11-17(36-25(23)47-37-24)13-40-14-18(12-35-40)39-9-7-16(8-10-39)19(41)15-46-26(27(29,30)31)28(32,33)34/h3-6,11-12,14,16,26H,7-10,13,15H2,1-2H3,(H,37,38). The zero-order chi connectivity index (χ0) is 34.9. The van der Waals surface area contributed by atoms with Crippen molar-refractivity contribution in [1.29, 1.82) is 0 Å². The highest BCUT2D eigenvalue weighted by atomic mass is 32.2. The third-order valence-electron chi connectivity index (χ3n) is 7.52. The van der Waals surface area contributed by atoms with Gasteiger partial charge >= 0.3 is 12.4 Å². The Bertz CT molecular complexity index is 1860. The number of halogens is 6. The number of methoxy groups -OCH3 is 2. The molecule has 0 saturated carbocycles. The number of aromatic nitrogens is 4. The van der Waals surface area contributed by atoms with Crippen molar-refractivity contribution in [2.45, 2.75) is 42.7 Å². The molecule has 0 bridgehead atoms. The van der Waals surface area contributed by atoms with Gasteiger partial charge in [0.25, 0.3) is 15.7 Å². The van der Waals surface area contributed by atoms with Crippen LogP contribution in [0.5, 0.6) is 11.5 Å². The normalized spacial score (nSPS) is 14.9. The number of fused-ring (bicyclic) bond motifs is 1. The van der Waals surface area contributed by atoms with Crippen LogP contribution in [0.2, 0.25) is 0 Å². The summed E-state index contributed by atoms with van der Waals surface area (Å²) in [6, 6.07) is 7.58. The van der Waals surface area contributed by atoms with Crippen LogP contribution in [0.4, 0.5) is 37.8 Å². The Hall–Kier alpha value is -4.59. The van der Waals surface area contributed by atoms with Crippen LogP contribution in [0.1, 0.15) is 18.5 Å². The average molecular weight is 707 g/mol. The molecule has 48 heavy (non-hydrogen) atoms. The smallest absolute Gasteiger partial charge is 0.423 e. The molecule has 5 rings (SSSR count). The summed E-state index contributed by atoms with van der Waals surface area (Å²) in [5.41, 5.74) is 1.07. The second-order valence-corrected chi connectivity index (χ2v) is 12.3. The lowest BCUT2D eigenvalue weighted by Gasteiger charge is -2.32. The van der Waals surface area contributed by atoms with E-state index in [0.29, 0.717) is 24.5 Å². The first-order valence-electron chi connectivity index (χ1n) is 14.1. The molecule has 0 radical (unpaired) electrons. The van der Waals surface area contributed by atoms with Crippen LogP contribution in [0.15, 0.2) is 52.1 Å². The lowest BCUT2D eigenvalue weighted by molar-refractivity contribution is -0.319. The Morgan fingerprint density at radius 1 is 1.06 bits per heavy atom. The van der Waals surface area contributed by atoms with Crippen molar-refractivity contribution in [2.75, 3.05) is 43.5 Å². The van der Waals surface area contributed by atoms with E-state index < -0.39 is 46.8 Å². The predicted octanol–water partition coefficient (Wildman–Crippen LogP) is 4.58. The first-order chi connectivity index (χ1) is 22.6. The number of ketones is 1. The van der Waals surface area contributed by atoms with E-state index in [1.165, 1.54) is 32.4 Å². The molecule has 0 amide bonds. The van der Waals surface area contributed by atoms with Crippen LogP contribution in [0.25, 0.3) is 11.1 Å². The molecule has 1 N–H and O–H groups in total. The summed E-state index contributed by atoms with van der Waals surface area (Å²) in [5, 5.41) is 8.33. The quantitative estimate of drug-likeness (QED) is 0.206. The summed E-state index contributed by atoms with van der Waals surface area (Å²) in [7, 11) is -1.42. The van der Waals surface area contributed by atoms with E-state index in [2.05, 4.69) is 24.7 Å². The second kappa shape index (κ2) is 13.5. The Labute approximate surface area is 268 Å². The number of Topliss-reactive ketones (excluding diaryl/α,β-unsaturated/α-hetero) is 1. The maximum Gasteiger partial charge on any atom is 0.423 e. The number of anilines is 2. The van der Waals surface area contributed by atoms with Crippen molar-refractivity contribution >= 4 is 38.4 Å². The number of sulfonamides is 1. The van der Waals surface area contributed by atoms with Crippen molar-refractivity contribution in [2.24, 2.45) is 5.92 Å². The molecule has 0 spiro atoms. The molecular weight excluding hydrogens is 678 g/mol. The number of carbonyl (C=O) groups is 1. The molecule has 13 nitrogen and oxygen atoms in total. The van der Waals surface area contributed by atoms with Crippen molar-refractivity contribution in [1.82, 2.24) is 19.9 Å². The number of carbonyl (C=O) groups excluding carboxylic acids is 1. The van der Waals surface area contributed by atoms with E-state index >= 15 is 0 Å². The molecule has 1 saturated heterocycles. The largest absolute Gasteiger partial charge is 0.496 e. The molecule has 260 valence electrons. The van der Waals surface area contributed by atoms with Crippen LogP contribution in [0.3, 0.4) is 0 Å². The van der Waals surface area contributed by atoms with Crippen LogP contribution in [0, 0.1) is 5.92 Å². The van der Waals surface area contributed by atoms with E-state index in [9.17, 15) is 39.6 Å². The molecule has 0 aliphatic carbocycles. The summed E-state index contributed by atoms with van der Waals surface area (Å²) >= 11 is 0.